The molecule has 2 rings (SSSR count). The minimum Gasteiger partial charge on any atom is -0.484 e. The van der Waals surface area contributed by atoms with Gasteiger partial charge in [-0.1, -0.05) is 6.07 Å². The summed E-state index contributed by atoms with van der Waals surface area (Å²) >= 11 is 0. The Morgan fingerprint density at radius 1 is 0.923 bits per heavy atom. The molecule has 0 radical (unpaired) electrons. The van der Waals surface area contributed by atoms with Gasteiger partial charge in [0.25, 0.3) is 23.2 Å². The Morgan fingerprint density at radius 3 is 2.19 bits per heavy atom. The second-order valence-corrected chi connectivity index (χ2v) is 4.85. The second-order valence-electron chi connectivity index (χ2n) is 4.85. The standard InChI is InChI=1S/C15H12N4O7/c20-14(9-26-13-6-4-11(5-7-13)18(22)23)16-17-15(21)10-2-1-3-12(8-10)19(24)25/h1-8H,9H2,(H,16,20)(H,17,21). The molecule has 26 heavy (non-hydrogen) atoms. The van der Waals surface area contributed by atoms with E-state index in [0.717, 1.165) is 6.07 Å². The summed E-state index contributed by atoms with van der Waals surface area (Å²) in [5.74, 6) is -1.20. The Bertz CT molecular complexity index is 851. The fraction of sp³-hybridized carbons (Fsp3) is 0.0667. The summed E-state index contributed by atoms with van der Waals surface area (Å²) in [5.41, 5.74) is 3.80. The average molecular weight is 360 g/mol. The first-order valence-electron chi connectivity index (χ1n) is 7.07. The molecule has 0 heterocycles. The molecule has 11 heteroatoms. The Labute approximate surface area is 145 Å². The summed E-state index contributed by atoms with van der Waals surface area (Å²) in [4.78, 5) is 43.5. The molecule has 0 fully saturated rings. The Kier molecular flexibility index (Phi) is 5.77. The molecule has 2 aromatic rings. The summed E-state index contributed by atoms with van der Waals surface area (Å²) in [6.45, 7) is -0.451. The van der Waals surface area contributed by atoms with E-state index >= 15 is 0 Å². The maximum atomic E-state index is 11.8. The lowest BCUT2D eigenvalue weighted by Gasteiger charge is -2.08. The first-order valence-corrected chi connectivity index (χ1v) is 7.07. The van der Waals surface area contributed by atoms with Crippen LogP contribution in [0.15, 0.2) is 48.5 Å². The molecule has 0 saturated heterocycles. The molecule has 2 N–H and O–H groups in total. The van der Waals surface area contributed by atoms with Crippen molar-refractivity contribution in [2.45, 2.75) is 0 Å². The molecule has 11 nitrogen and oxygen atoms in total. The predicted octanol–water partition coefficient (Wildman–Crippen LogP) is 1.34. The van der Waals surface area contributed by atoms with E-state index in [-0.39, 0.29) is 22.7 Å². The topological polar surface area (TPSA) is 154 Å². The maximum absolute atomic E-state index is 11.8. The summed E-state index contributed by atoms with van der Waals surface area (Å²) in [6, 6.07) is 10.1. The van der Waals surface area contributed by atoms with Crippen molar-refractivity contribution in [3.05, 3.63) is 74.3 Å². The zero-order valence-electron chi connectivity index (χ0n) is 13.1. The number of rotatable bonds is 6. The van der Waals surface area contributed by atoms with Gasteiger partial charge in [-0.2, -0.15) is 0 Å². The van der Waals surface area contributed by atoms with Crippen LogP contribution in [-0.2, 0) is 4.79 Å². The third-order valence-electron chi connectivity index (χ3n) is 3.05. The summed E-state index contributed by atoms with van der Waals surface area (Å²) in [5, 5.41) is 21.2. The molecule has 0 aliphatic heterocycles. The van der Waals surface area contributed by atoms with Gasteiger partial charge in [0.2, 0.25) is 0 Å². The Morgan fingerprint density at radius 2 is 1.58 bits per heavy atom. The van der Waals surface area contributed by atoms with E-state index in [4.69, 9.17) is 4.74 Å². The van der Waals surface area contributed by atoms with Crippen LogP contribution in [-0.4, -0.2) is 28.3 Å². The molecular weight excluding hydrogens is 348 g/mol. The summed E-state index contributed by atoms with van der Waals surface area (Å²) < 4.78 is 5.12. The van der Waals surface area contributed by atoms with Crippen LogP contribution >= 0.6 is 0 Å². The number of carbonyl (C=O) groups excluding carboxylic acids is 2. The SMILES string of the molecule is O=C(COc1ccc([N+](=O)[O-])cc1)NNC(=O)c1cccc([N+](=O)[O-])c1. The number of nitro benzene ring substituents is 2. The van der Waals surface area contributed by atoms with Crippen molar-refractivity contribution in [2.24, 2.45) is 0 Å². The number of nitrogens with zero attached hydrogens (tertiary/aromatic N) is 2. The van der Waals surface area contributed by atoms with Gasteiger partial charge >= 0.3 is 0 Å². The molecule has 0 unspecified atom stereocenters. The first-order chi connectivity index (χ1) is 12.4. The van der Waals surface area contributed by atoms with Crippen molar-refractivity contribution >= 4 is 23.2 Å². The average Bonchev–Trinajstić information content (AvgIpc) is 2.64. The van der Waals surface area contributed by atoms with Gasteiger partial charge < -0.3 is 4.74 Å². The third kappa shape index (κ3) is 4.99. The van der Waals surface area contributed by atoms with Gasteiger partial charge in [0.1, 0.15) is 5.75 Å². The van der Waals surface area contributed by atoms with E-state index in [2.05, 4.69) is 10.9 Å². The Hall–Kier alpha value is -4.02. The van der Waals surface area contributed by atoms with Gasteiger partial charge in [-0.25, -0.2) is 0 Å². The molecule has 0 saturated carbocycles. The van der Waals surface area contributed by atoms with Crippen LogP contribution in [0.5, 0.6) is 5.75 Å². The molecule has 2 aromatic carbocycles. The normalized spacial score (nSPS) is 9.85. The fourth-order valence-electron chi connectivity index (χ4n) is 1.81. The minimum atomic E-state index is -0.739. The van der Waals surface area contributed by atoms with Crippen LogP contribution in [0.4, 0.5) is 11.4 Å². The Balaban J connectivity index is 1.82. The number of carbonyl (C=O) groups is 2. The lowest BCUT2D eigenvalue weighted by Crippen LogP contribution is -2.43. The highest BCUT2D eigenvalue weighted by atomic mass is 16.6. The van der Waals surface area contributed by atoms with Crippen molar-refractivity contribution in [1.82, 2.24) is 10.9 Å². The molecule has 0 aromatic heterocycles. The predicted molar refractivity (Wildman–Crippen MR) is 87.3 cm³/mol. The number of hydrazine groups is 1. The molecule has 134 valence electrons. The van der Waals surface area contributed by atoms with Crippen LogP contribution < -0.4 is 15.6 Å². The molecule has 0 atom stereocenters. The number of nitro groups is 2. The monoisotopic (exact) mass is 360 g/mol. The molecule has 2 amide bonds. The van der Waals surface area contributed by atoms with Gasteiger partial charge in [-0.15, -0.1) is 0 Å². The van der Waals surface area contributed by atoms with E-state index in [1.54, 1.807) is 0 Å². The summed E-state index contributed by atoms with van der Waals surface area (Å²) in [6.07, 6.45) is 0. The van der Waals surface area contributed by atoms with Crippen LogP contribution in [0.3, 0.4) is 0 Å². The van der Waals surface area contributed by atoms with Gasteiger partial charge in [0, 0.05) is 29.8 Å². The van der Waals surface area contributed by atoms with Gasteiger partial charge in [-0.3, -0.25) is 40.7 Å². The van der Waals surface area contributed by atoms with Crippen molar-refractivity contribution < 1.29 is 24.2 Å². The van der Waals surface area contributed by atoms with E-state index < -0.39 is 28.3 Å². The van der Waals surface area contributed by atoms with Crippen molar-refractivity contribution in [2.75, 3.05) is 6.61 Å². The quantitative estimate of drug-likeness (QED) is 0.582. The van der Waals surface area contributed by atoms with Crippen molar-refractivity contribution in [3.63, 3.8) is 0 Å². The number of amides is 2. The van der Waals surface area contributed by atoms with Gasteiger partial charge in [0.15, 0.2) is 6.61 Å². The van der Waals surface area contributed by atoms with E-state index in [0.29, 0.717) is 0 Å². The van der Waals surface area contributed by atoms with Crippen molar-refractivity contribution in [3.8, 4) is 5.75 Å². The van der Waals surface area contributed by atoms with Crippen LogP contribution in [0.2, 0.25) is 0 Å². The maximum Gasteiger partial charge on any atom is 0.276 e. The van der Waals surface area contributed by atoms with E-state index in [1.165, 1.54) is 42.5 Å². The highest BCUT2D eigenvalue weighted by molar-refractivity contribution is 5.96. The largest absolute Gasteiger partial charge is 0.484 e. The zero-order valence-corrected chi connectivity index (χ0v) is 13.1. The number of ether oxygens (including phenoxy) is 1. The molecule has 0 aliphatic carbocycles. The first kappa shape index (κ1) is 18.3. The van der Waals surface area contributed by atoms with Gasteiger partial charge in [-0.05, 0) is 18.2 Å². The lowest BCUT2D eigenvalue weighted by atomic mass is 10.2. The molecule has 0 aliphatic rings. The second kappa shape index (κ2) is 8.19. The van der Waals surface area contributed by atoms with E-state index in [1.807, 2.05) is 0 Å². The number of nitrogens with one attached hydrogen (secondary N) is 2. The summed E-state index contributed by atoms with van der Waals surface area (Å²) in [7, 11) is 0. The molecule has 0 bridgehead atoms. The number of benzene rings is 2. The highest BCUT2D eigenvalue weighted by Crippen LogP contribution is 2.17. The number of hydrogen-bond acceptors (Lipinski definition) is 7. The van der Waals surface area contributed by atoms with Crippen LogP contribution in [0.1, 0.15) is 10.4 Å². The lowest BCUT2D eigenvalue weighted by molar-refractivity contribution is -0.385. The highest BCUT2D eigenvalue weighted by Gasteiger charge is 2.12. The minimum absolute atomic E-state index is 0.00390. The van der Waals surface area contributed by atoms with Crippen LogP contribution in [0, 0.1) is 20.2 Å². The van der Waals surface area contributed by atoms with Crippen LogP contribution in [0.25, 0.3) is 0 Å². The number of non-ortho nitro benzene ring substituents is 2. The number of hydrogen-bond donors (Lipinski definition) is 2. The fourth-order valence-corrected chi connectivity index (χ4v) is 1.81. The van der Waals surface area contributed by atoms with E-state index in [9.17, 15) is 29.8 Å². The zero-order chi connectivity index (χ0) is 19.1. The molecular formula is C15H12N4O7. The third-order valence-corrected chi connectivity index (χ3v) is 3.05. The smallest absolute Gasteiger partial charge is 0.276 e. The van der Waals surface area contributed by atoms with Gasteiger partial charge in [0.05, 0.1) is 9.85 Å². The van der Waals surface area contributed by atoms with Crippen molar-refractivity contribution in [1.29, 1.82) is 0 Å². The molecule has 0 spiro atoms.